The van der Waals surface area contributed by atoms with Crippen molar-refractivity contribution in [3.8, 4) is 63.6 Å². The Hall–Kier alpha value is -10.8. The van der Waals surface area contributed by atoms with Gasteiger partial charge in [-0.15, -0.1) is 0 Å². The molecule has 0 radical (unpaired) electrons. The molecule has 27 heteroatoms. The van der Waals surface area contributed by atoms with Crippen molar-refractivity contribution in [1.29, 1.82) is 0 Å². The Bertz CT molecular complexity index is 5840. The average molecular weight is 1600 g/mol. The Morgan fingerprint density at radius 2 is 0.814 bits per heavy atom. The fourth-order valence-corrected chi connectivity index (χ4v) is 20.9. The molecular weight excluding hydrogens is 1490 g/mol. The normalized spacial score (nSPS) is 23.8. The number of hydrogen-bond donors (Lipinski definition) is 2. The lowest BCUT2D eigenvalue weighted by Gasteiger charge is -2.25. The second-order valence-corrected chi connectivity index (χ2v) is 35.9. The summed E-state index contributed by atoms with van der Waals surface area (Å²) in [5.74, 6) is 7.20. The number of nitrogens with two attached hydrogens (primary N) is 1. The number of carbonyl (C=O) groups is 3. The van der Waals surface area contributed by atoms with Crippen LogP contribution in [0.2, 0.25) is 0 Å². The standard InChI is InChI=1S/C32H37N5O4.C31H36N6O4.C28H31N5O3/c1-18-10-24-7-8-25(18)37(24)32(38)23-12-27-33-30(19(2)36(27)29(13-23)39-3)26-11-22-6-9-28(41-17-21-15-40-16-21)34-31(22)35(26)14-20-4-5-20;1-17-29(25-9-20-5-8-27(41-16-19-14-40-15-19)34-30(20)35(25)13-18-3-4-18)33-26-10-21(11-28(39-2)36(17)26)31(38)37-22-6-7-24(37)23(32)12-22;1-15-10-20-7-8-21(15)33(20)28(35)19-12-23-29-26(16(2)32(23)25(13-19)36-3)22-11-18-6-9-24(34)30-27(18)31(22)14-17-4-5-17/h6,9,11-13,18,20-21,24-25H,4-5,7-8,10,14-17H2,1-3H3;5,8-11,18-19,22-24H,3-4,6-7,12-16,32H2,1-2H3;6,9,11-13,15,17,20-21H,4-5,7-8,10,14H2,1-3H3,(H,30,34)/t18-,24+,25-;22-,23+,24+;15-,20+,21-/m101/s1. The second kappa shape index (κ2) is 29.3. The van der Waals surface area contributed by atoms with Crippen molar-refractivity contribution >= 4 is 67.8 Å². The van der Waals surface area contributed by atoms with Gasteiger partial charge in [0.1, 0.15) is 51.0 Å². The van der Waals surface area contributed by atoms with Gasteiger partial charge in [-0.05, 0) is 201 Å². The number of fused-ring (bicyclic) bond motifs is 12. The first-order valence-corrected chi connectivity index (χ1v) is 43.0. The summed E-state index contributed by atoms with van der Waals surface area (Å²) in [5.41, 5.74) is 21.4. The van der Waals surface area contributed by atoms with E-state index in [0.717, 1.165) is 194 Å². The number of aryl methyl sites for hydroxylation is 3. The smallest absolute Gasteiger partial charge is 0.254 e. The van der Waals surface area contributed by atoms with Gasteiger partial charge >= 0.3 is 0 Å². The van der Waals surface area contributed by atoms with Crippen LogP contribution in [-0.2, 0) is 29.1 Å². The Balaban J connectivity index is 0.000000110. The summed E-state index contributed by atoms with van der Waals surface area (Å²) >= 11 is 0. The predicted molar refractivity (Wildman–Crippen MR) is 445 cm³/mol. The molecule has 3 N–H and O–H groups in total. The van der Waals surface area contributed by atoms with Crippen molar-refractivity contribution in [2.75, 3.05) is 61.0 Å². The van der Waals surface area contributed by atoms with Crippen LogP contribution in [0.15, 0.2) is 95.8 Å². The number of nitrogens with zero attached hydrogens (tertiary/aromatic N) is 14. The van der Waals surface area contributed by atoms with E-state index < -0.39 is 0 Å². The van der Waals surface area contributed by atoms with Gasteiger partial charge in [0.25, 0.3) is 17.7 Å². The van der Waals surface area contributed by atoms with Gasteiger partial charge in [0.15, 0.2) is 17.6 Å². The second-order valence-electron chi connectivity index (χ2n) is 35.9. The lowest BCUT2D eigenvalue weighted by molar-refractivity contribution is -0.0514. The third-order valence-corrected chi connectivity index (χ3v) is 27.8. The highest BCUT2D eigenvalue weighted by Crippen LogP contribution is 2.47. The largest absolute Gasteiger partial charge is 0.482 e. The zero-order chi connectivity index (χ0) is 80.4. The number of rotatable bonds is 21. The van der Waals surface area contributed by atoms with Gasteiger partial charge in [0.05, 0.1) is 95.1 Å². The van der Waals surface area contributed by atoms with Crippen molar-refractivity contribution < 1.29 is 47.5 Å². The van der Waals surface area contributed by atoms with E-state index in [-0.39, 0.29) is 41.4 Å². The minimum absolute atomic E-state index is 0.0153. The molecule has 11 fully saturated rings. The molecule has 8 aliphatic heterocycles. The minimum atomic E-state index is -0.106. The monoisotopic (exact) mass is 1600 g/mol. The summed E-state index contributed by atoms with van der Waals surface area (Å²) in [5, 5.41) is 3.11. The summed E-state index contributed by atoms with van der Waals surface area (Å²) in [4.78, 5) is 87.7. The molecule has 118 heavy (non-hydrogen) atoms. The van der Waals surface area contributed by atoms with Crippen molar-refractivity contribution in [2.45, 2.75) is 193 Å². The molecule has 27 nitrogen and oxygen atoms in total. The molecule has 11 aliphatic rings. The molecule has 6 bridgehead atoms. The summed E-state index contributed by atoms with van der Waals surface area (Å²) in [6, 6.07) is 31.1. The minimum Gasteiger partial charge on any atom is -0.482 e. The maximum atomic E-state index is 13.8. The fourth-order valence-electron chi connectivity index (χ4n) is 20.9. The van der Waals surface area contributed by atoms with E-state index in [1.165, 1.54) is 38.5 Å². The first kappa shape index (κ1) is 74.8. The molecule has 9 atom stereocenters. The Kier molecular flexibility index (Phi) is 18.6. The van der Waals surface area contributed by atoms with E-state index in [9.17, 15) is 19.2 Å². The molecule has 3 aliphatic carbocycles. The summed E-state index contributed by atoms with van der Waals surface area (Å²) in [7, 11) is 4.94. The van der Waals surface area contributed by atoms with Gasteiger partial charge in [-0.3, -0.25) is 32.4 Å². The van der Waals surface area contributed by atoms with Crippen LogP contribution in [0.1, 0.15) is 158 Å². The molecule has 3 saturated carbocycles. The van der Waals surface area contributed by atoms with Crippen LogP contribution in [-0.4, -0.2) is 192 Å². The molecule has 0 aromatic carbocycles. The van der Waals surface area contributed by atoms with Crippen LogP contribution in [0.25, 0.3) is 84.2 Å². The van der Waals surface area contributed by atoms with E-state index in [4.69, 9.17) is 63.8 Å². The number of aromatic nitrogens is 12. The molecule has 0 spiro atoms. The highest BCUT2D eigenvalue weighted by atomic mass is 16.5. The van der Waals surface area contributed by atoms with Gasteiger partial charge in [-0.25, -0.2) is 15.0 Å². The zero-order valence-corrected chi connectivity index (χ0v) is 68.5. The number of pyridine rings is 6. The van der Waals surface area contributed by atoms with E-state index in [1.807, 2.05) is 79.6 Å². The molecule has 3 amide bonds. The molecule has 12 aromatic heterocycles. The first-order chi connectivity index (χ1) is 57.4. The lowest BCUT2D eigenvalue weighted by Crippen LogP contribution is -2.40. The highest BCUT2D eigenvalue weighted by molar-refractivity contribution is 5.99. The van der Waals surface area contributed by atoms with Crippen LogP contribution in [0.3, 0.4) is 0 Å². The predicted octanol–water partition coefficient (Wildman–Crippen LogP) is 13.3. The maximum absolute atomic E-state index is 13.8. The molecule has 8 saturated heterocycles. The highest BCUT2D eigenvalue weighted by Gasteiger charge is 2.50. The number of H-pyrrole nitrogens is 1. The Morgan fingerprint density at radius 1 is 0.441 bits per heavy atom. The molecular formula is C91H104N16O11. The number of imidazole rings is 3. The molecule has 614 valence electrons. The van der Waals surface area contributed by atoms with Crippen molar-refractivity contribution in [1.82, 2.24) is 71.5 Å². The fraction of sp³-hybridized carbons (Fsp3) is 0.505. The number of methoxy groups -OCH3 is 3. The van der Waals surface area contributed by atoms with E-state index in [1.54, 1.807) is 27.4 Å². The maximum Gasteiger partial charge on any atom is 0.254 e. The van der Waals surface area contributed by atoms with E-state index in [0.29, 0.717) is 136 Å². The quantitative estimate of drug-likeness (QED) is 0.0676. The number of aromatic amines is 1. The van der Waals surface area contributed by atoms with Gasteiger partial charge < -0.3 is 72.3 Å². The number of hydrogen-bond acceptors (Lipinski definition) is 17. The summed E-state index contributed by atoms with van der Waals surface area (Å²) in [6.45, 7) is 17.6. The molecule has 12 aromatic rings. The van der Waals surface area contributed by atoms with Crippen molar-refractivity contribution in [3.63, 3.8) is 0 Å². The zero-order valence-electron chi connectivity index (χ0n) is 68.5. The number of nitrogens with one attached hydrogen (secondary N) is 1. The number of ether oxygens (including phenoxy) is 7. The third-order valence-electron chi connectivity index (χ3n) is 27.8. The summed E-state index contributed by atoms with van der Waals surface area (Å²) in [6.07, 6.45) is 16.8. The van der Waals surface area contributed by atoms with Crippen LogP contribution in [0.5, 0.6) is 29.4 Å². The topological polar surface area (TPSA) is 277 Å². The number of carbonyl (C=O) groups excluding carboxylic acids is 3. The van der Waals surface area contributed by atoms with Gasteiger partial charge in [0.2, 0.25) is 17.3 Å². The Morgan fingerprint density at radius 3 is 1.16 bits per heavy atom. The van der Waals surface area contributed by atoms with Gasteiger partial charge in [-0.1, -0.05) is 13.8 Å². The molecule has 20 heterocycles. The Labute approximate surface area is 683 Å². The van der Waals surface area contributed by atoms with Gasteiger partial charge in [0, 0.05) is 143 Å². The molecule has 0 unspecified atom stereocenters. The van der Waals surface area contributed by atoms with Crippen LogP contribution in [0.4, 0.5) is 0 Å². The van der Waals surface area contributed by atoms with E-state index >= 15 is 0 Å². The van der Waals surface area contributed by atoms with Crippen molar-refractivity contribution in [2.24, 2.45) is 47.2 Å². The number of amides is 3. The van der Waals surface area contributed by atoms with Crippen LogP contribution in [0, 0.1) is 62.2 Å². The van der Waals surface area contributed by atoms with E-state index in [2.05, 4.69) is 86.5 Å². The lowest BCUT2D eigenvalue weighted by atomic mass is 9.91. The average Bonchev–Trinajstić information content (AvgIpc) is 1.59. The first-order valence-electron chi connectivity index (χ1n) is 43.0. The van der Waals surface area contributed by atoms with Gasteiger partial charge in [-0.2, -0.15) is 9.97 Å². The summed E-state index contributed by atoms with van der Waals surface area (Å²) < 4.78 is 52.9. The van der Waals surface area contributed by atoms with Crippen molar-refractivity contribution in [3.05, 3.63) is 135 Å². The molecule has 23 rings (SSSR count). The third kappa shape index (κ3) is 13.0. The van der Waals surface area contributed by atoms with Crippen LogP contribution < -0.4 is 35.0 Å². The van der Waals surface area contributed by atoms with Crippen LogP contribution >= 0.6 is 0 Å². The SMILES string of the molecule is COc1cc(C(=O)N2[C@H]3CC[C@@H]2[C@H](C)C3)cc2nc(-c3cc4ccc(=O)[nH]c4n3CC3CC3)c(C)n12.COc1cc(C(=O)N2[C@H]3CC[C@@H]2[C@H](C)C3)cc2nc(-c3cc4ccc(OCC5COC5)nc4n3CC3CC3)c(C)n12.COc1cc(C(=O)N2[C@H]3CC[C@@H]2[C@H](N)C3)cc2nc(-c3cc4ccc(OCC5COC5)nc4n3CC3CC3)c(C)n12.